The highest BCUT2D eigenvalue weighted by Gasteiger charge is 2.29. The zero-order valence-corrected chi connectivity index (χ0v) is 15.1. The topological polar surface area (TPSA) is 81.7 Å². The molecular formula is C17H29NO5. The van der Waals surface area contributed by atoms with Crippen LogP contribution < -0.4 is 5.32 Å². The van der Waals surface area contributed by atoms with Crippen molar-refractivity contribution in [2.75, 3.05) is 6.61 Å². The number of Topliss-reactive ketones (excluding diaryl/α,β-unsaturated/α-hetero) is 1. The average Bonchev–Trinajstić information content (AvgIpc) is 2.35. The molecule has 0 aromatic carbocycles. The molecule has 0 fully saturated rings. The molecule has 1 N–H and O–H groups in total. The molecule has 0 aromatic heterocycles. The van der Waals surface area contributed by atoms with Crippen molar-refractivity contribution in [3.05, 3.63) is 12.2 Å². The second-order valence-corrected chi connectivity index (χ2v) is 6.67. The summed E-state index contributed by atoms with van der Waals surface area (Å²) in [7, 11) is 0. The van der Waals surface area contributed by atoms with E-state index < -0.39 is 23.7 Å². The van der Waals surface area contributed by atoms with Crippen LogP contribution >= 0.6 is 0 Å². The number of rotatable bonds is 7. The normalized spacial score (nSPS) is 14.4. The van der Waals surface area contributed by atoms with E-state index in [1.807, 2.05) is 13.8 Å². The van der Waals surface area contributed by atoms with Gasteiger partial charge in [-0.1, -0.05) is 19.9 Å². The van der Waals surface area contributed by atoms with E-state index in [2.05, 4.69) is 5.32 Å². The molecule has 0 saturated carbocycles. The molecule has 23 heavy (non-hydrogen) atoms. The van der Waals surface area contributed by atoms with Crippen molar-refractivity contribution < 1.29 is 23.9 Å². The Morgan fingerprint density at radius 1 is 1.17 bits per heavy atom. The molecule has 0 aromatic rings. The number of carbonyl (C=O) groups is 3. The van der Waals surface area contributed by atoms with E-state index >= 15 is 0 Å². The number of ether oxygens (including phenoxy) is 2. The number of alkyl carbamates (subject to hydrolysis) is 1. The summed E-state index contributed by atoms with van der Waals surface area (Å²) >= 11 is 0. The number of esters is 1. The summed E-state index contributed by atoms with van der Waals surface area (Å²) in [5, 5.41) is 2.60. The highest BCUT2D eigenvalue weighted by molar-refractivity contribution is 5.86. The predicted octanol–water partition coefficient (Wildman–Crippen LogP) is 2.86. The summed E-state index contributed by atoms with van der Waals surface area (Å²) in [5.74, 6) is -0.991. The lowest BCUT2D eigenvalue weighted by Crippen LogP contribution is -2.47. The van der Waals surface area contributed by atoms with Crippen LogP contribution in [0.4, 0.5) is 4.79 Å². The van der Waals surface area contributed by atoms with Gasteiger partial charge in [0.15, 0.2) is 5.78 Å². The van der Waals surface area contributed by atoms with Gasteiger partial charge in [0, 0.05) is 12.0 Å². The number of hydrogen-bond donors (Lipinski definition) is 1. The second-order valence-electron chi connectivity index (χ2n) is 6.67. The molecule has 2 atom stereocenters. The third kappa shape index (κ3) is 9.01. The maximum absolute atomic E-state index is 11.9. The molecule has 2 unspecified atom stereocenters. The van der Waals surface area contributed by atoms with Gasteiger partial charge >= 0.3 is 12.1 Å². The number of ketones is 1. The van der Waals surface area contributed by atoms with Crippen molar-refractivity contribution in [2.24, 2.45) is 11.8 Å². The Kier molecular flexibility index (Phi) is 8.58. The van der Waals surface area contributed by atoms with Crippen molar-refractivity contribution in [1.29, 1.82) is 0 Å². The van der Waals surface area contributed by atoms with Crippen LogP contribution in [-0.2, 0) is 19.1 Å². The summed E-state index contributed by atoms with van der Waals surface area (Å²) in [6, 6.07) is -0.768. The Bertz CT molecular complexity index is 448. The van der Waals surface area contributed by atoms with Crippen LogP contribution in [0.25, 0.3) is 0 Å². The Morgan fingerprint density at radius 3 is 2.13 bits per heavy atom. The predicted molar refractivity (Wildman–Crippen MR) is 87.9 cm³/mol. The SMILES string of the molecule is CCOC(=O)/C=C/C(C(C)C)C(NC(=O)OC(C)(C)C)C(C)=O. The molecular weight excluding hydrogens is 298 g/mol. The Morgan fingerprint density at radius 2 is 1.74 bits per heavy atom. The van der Waals surface area contributed by atoms with E-state index in [1.165, 1.54) is 13.0 Å². The fraction of sp³-hybridized carbons (Fsp3) is 0.706. The molecule has 0 rings (SSSR count). The molecule has 0 spiro atoms. The van der Waals surface area contributed by atoms with Gasteiger partial charge in [0.1, 0.15) is 5.60 Å². The van der Waals surface area contributed by atoms with Gasteiger partial charge in [-0.2, -0.15) is 0 Å². The van der Waals surface area contributed by atoms with Gasteiger partial charge in [-0.15, -0.1) is 0 Å². The summed E-state index contributed by atoms with van der Waals surface area (Å²) in [4.78, 5) is 35.3. The van der Waals surface area contributed by atoms with Crippen molar-refractivity contribution >= 4 is 17.8 Å². The first-order valence-electron chi connectivity index (χ1n) is 7.82. The monoisotopic (exact) mass is 327 g/mol. The highest BCUT2D eigenvalue weighted by Crippen LogP contribution is 2.19. The van der Waals surface area contributed by atoms with Crippen LogP contribution in [0.2, 0.25) is 0 Å². The van der Waals surface area contributed by atoms with Gasteiger partial charge in [-0.05, 0) is 40.5 Å². The highest BCUT2D eigenvalue weighted by atomic mass is 16.6. The number of amides is 1. The maximum atomic E-state index is 11.9. The lowest BCUT2D eigenvalue weighted by Gasteiger charge is -2.28. The molecule has 6 heteroatoms. The molecule has 0 aliphatic carbocycles. The molecule has 1 amide bonds. The molecule has 132 valence electrons. The van der Waals surface area contributed by atoms with E-state index in [0.29, 0.717) is 0 Å². The first-order valence-corrected chi connectivity index (χ1v) is 7.82. The number of hydrogen-bond acceptors (Lipinski definition) is 5. The fourth-order valence-corrected chi connectivity index (χ4v) is 2.00. The van der Waals surface area contributed by atoms with E-state index in [9.17, 15) is 14.4 Å². The fourth-order valence-electron chi connectivity index (χ4n) is 2.00. The van der Waals surface area contributed by atoms with E-state index in [1.54, 1.807) is 33.8 Å². The first-order chi connectivity index (χ1) is 10.5. The molecule has 0 bridgehead atoms. The van der Waals surface area contributed by atoms with Crippen molar-refractivity contribution in [2.45, 2.75) is 60.1 Å². The van der Waals surface area contributed by atoms with Gasteiger partial charge in [0.25, 0.3) is 0 Å². The molecule has 0 aliphatic rings. The summed E-state index contributed by atoms with van der Waals surface area (Å²) < 4.78 is 10.0. The largest absolute Gasteiger partial charge is 0.463 e. The van der Waals surface area contributed by atoms with Gasteiger partial charge in [0.2, 0.25) is 0 Å². The average molecular weight is 327 g/mol. The zero-order chi connectivity index (χ0) is 18.2. The van der Waals surface area contributed by atoms with Gasteiger partial charge < -0.3 is 14.8 Å². The minimum Gasteiger partial charge on any atom is -0.463 e. The third-order valence-electron chi connectivity index (χ3n) is 3.01. The van der Waals surface area contributed by atoms with Gasteiger partial charge in [-0.25, -0.2) is 9.59 Å². The lowest BCUT2D eigenvalue weighted by atomic mass is 9.86. The van der Waals surface area contributed by atoms with Crippen LogP contribution in [-0.4, -0.2) is 36.1 Å². The maximum Gasteiger partial charge on any atom is 0.408 e. The minimum atomic E-state index is -0.768. The standard InChI is InChI=1S/C17H29NO5/c1-8-22-14(20)10-9-13(11(2)3)15(12(4)19)18-16(21)23-17(5,6)7/h9-11,13,15H,8H2,1-7H3,(H,18,21)/b10-9+. The van der Waals surface area contributed by atoms with Crippen molar-refractivity contribution in [3.63, 3.8) is 0 Å². The number of nitrogens with one attached hydrogen (secondary N) is 1. The molecule has 0 radical (unpaired) electrons. The van der Waals surface area contributed by atoms with Gasteiger partial charge in [-0.3, -0.25) is 4.79 Å². The van der Waals surface area contributed by atoms with Crippen LogP contribution in [0.1, 0.15) is 48.5 Å². The number of carbonyl (C=O) groups excluding carboxylic acids is 3. The Hall–Kier alpha value is -1.85. The van der Waals surface area contributed by atoms with Crippen molar-refractivity contribution in [3.8, 4) is 0 Å². The Labute approximate surface area is 138 Å². The Balaban J connectivity index is 5.15. The first kappa shape index (κ1) is 21.1. The third-order valence-corrected chi connectivity index (χ3v) is 3.01. The summed E-state index contributed by atoms with van der Waals surface area (Å²) in [6.07, 6.45) is 2.24. The molecule has 0 saturated heterocycles. The van der Waals surface area contributed by atoms with Crippen LogP contribution in [0.3, 0.4) is 0 Å². The van der Waals surface area contributed by atoms with Crippen LogP contribution in [0.15, 0.2) is 12.2 Å². The zero-order valence-electron chi connectivity index (χ0n) is 15.1. The second kappa shape index (κ2) is 9.33. The molecule has 0 aliphatic heterocycles. The van der Waals surface area contributed by atoms with Gasteiger partial charge in [0.05, 0.1) is 12.6 Å². The van der Waals surface area contributed by atoms with E-state index in [-0.39, 0.29) is 24.2 Å². The minimum absolute atomic E-state index is 0.0320. The van der Waals surface area contributed by atoms with Crippen molar-refractivity contribution in [1.82, 2.24) is 5.32 Å². The lowest BCUT2D eigenvalue weighted by molar-refractivity contribution is -0.137. The quantitative estimate of drug-likeness (QED) is 0.574. The smallest absolute Gasteiger partial charge is 0.408 e. The van der Waals surface area contributed by atoms with E-state index in [4.69, 9.17) is 9.47 Å². The molecule has 6 nitrogen and oxygen atoms in total. The van der Waals surface area contributed by atoms with Crippen LogP contribution in [0, 0.1) is 11.8 Å². The van der Waals surface area contributed by atoms with Crippen LogP contribution in [0.5, 0.6) is 0 Å². The van der Waals surface area contributed by atoms with E-state index in [0.717, 1.165) is 0 Å². The summed E-state index contributed by atoms with van der Waals surface area (Å²) in [5.41, 5.74) is -0.653. The molecule has 0 heterocycles. The summed E-state index contributed by atoms with van der Waals surface area (Å²) in [6.45, 7) is 12.5.